The molecule has 0 saturated heterocycles. The van der Waals surface area contributed by atoms with Crippen molar-refractivity contribution in [3.8, 4) is 0 Å². The van der Waals surface area contributed by atoms with Crippen LogP contribution in [0.1, 0.15) is 18.2 Å². The summed E-state index contributed by atoms with van der Waals surface area (Å²) in [6.07, 6.45) is -4.11. The molecule has 0 spiro atoms. The van der Waals surface area contributed by atoms with Crippen LogP contribution < -0.4 is 0 Å². The minimum atomic E-state index is -4.34. The smallest absolute Gasteiger partial charge is 0.347 e. The predicted octanol–water partition coefficient (Wildman–Crippen LogP) is 3.33. The van der Waals surface area contributed by atoms with Gasteiger partial charge in [0, 0.05) is 30.1 Å². The third kappa shape index (κ3) is 2.25. The van der Waals surface area contributed by atoms with Crippen LogP contribution in [0.15, 0.2) is 24.3 Å². The highest BCUT2D eigenvalue weighted by atomic mass is 19.4. The van der Waals surface area contributed by atoms with Gasteiger partial charge in [0.05, 0.1) is 5.56 Å². The summed E-state index contributed by atoms with van der Waals surface area (Å²) in [7, 11) is 1.74. The maximum absolute atomic E-state index is 12.6. The molecular formula is C13H12F3NO. The van der Waals surface area contributed by atoms with Gasteiger partial charge in [0.1, 0.15) is 5.78 Å². The Morgan fingerprint density at radius 1 is 1.28 bits per heavy atom. The number of benzene rings is 1. The van der Waals surface area contributed by atoms with E-state index in [1.807, 2.05) is 0 Å². The first-order valence-electron chi connectivity index (χ1n) is 5.44. The van der Waals surface area contributed by atoms with Gasteiger partial charge >= 0.3 is 6.18 Å². The third-order valence-electron chi connectivity index (χ3n) is 2.90. The van der Waals surface area contributed by atoms with E-state index in [2.05, 4.69) is 0 Å². The molecule has 0 aliphatic carbocycles. The van der Waals surface area contributed by atoms with Crippen LogP contribution in [0.25, 0.3) is 10.9 Å². The van der Waals surface area contributed by atoms with Crippen LogP contribution in [0.3, 0.4) is 0 Å². The van der Waals surface area contributed by atoms with Crippen LogP contribution in [0.4, 0.5) is 13.2 Å². The first-order chi connectivity index (χ1) is 8.29. The lowest BCUT2D eigenvalue weighted by Gasteiger charge is -2.06. The van der Waals surface area contributed by atoms with Crippen LogP contribution in [0, 0.1) is 0 Å². The maximum atomic E-state index is 12.6. The van der Waals surface area contributed by atoms with Crippen molar-refractivity contribution in [1.82, 2.24) is 4.57 Å². The monoisotopic (exact) mass is 255 g/mol. The molecule has 0 unspecified atom stereocenters. The summed E-state index contributed by atoms with van der Waals surface area (Å²) in [4.78, 5) is 11.1. The fourth-order valence-electron chi connectivity index (χ4n) is 2.01. The van der Waals surface area contributed by atoms with Gasteiger partial charge in [-0.15, -0.1) is 0 Å². The zero-order valence-corrected chi connectivity index (χ0v) is 10.0. The number of fused-ring (bicyclic) bond motifs is 1. The second-order valence-corrected chi connectivity index (χ2v) is 4.34. The van der Waals surface area contributed by atoms with Crippen molar-refractivity contribution in [2.45, 2.75) is 19.5 Å². The van der Waals surface area contributed by atoms with Crippen molar-refractivity contribution < 1.29 is 18.0 Å². The Morgan fingerprint density at radius 2 is 1.94 bits per heavy atom. The molecule has 2 aromatic rings. The van der Waals surface area contributed by atoms with E-state index in [1.165, 1.54) is 13.0 Å². The normalized spacial score (nSPS) is 12.1. The molecule has 0 radical (unpaired) electrons. The summed E-state index contributed by atoms with van der Waals surface area (Å²) in [5.74, 6) is -0.0167. The molecule has 0 atom stereocenters. The van der Waals surface area contributed by atoms with Gasteiger partial charge in [-0.2, -0.15) is 13.2 Å². The van der Waals surface area contributed by atoms with E-state index in [0.29, 0.717) is 10.9 Å². The average molecular weight is 255 g/mol. The lowest BCUT2D eigenvalue weighted by atomic mass is 10.1. The molecule has 0 saturated carbocycles. The Balaban J connectivity index is 2.55. The molecule has 0 aliphatic rings. The molecule has 1 heterocycles. The fourth-order valence-corrected chi connectivity index (χ4v) is 2.01. The maximum Gasteiger partial charge on any atom is 0.416 e. The summed E-state index contributed by atoms with van der Waals surface area (Å²) in [5, 5.41) is 0.503. The number of carbonyl (C=O) groups is 1. The van der Waals surface area contributed by atoms with Gasteiger partial charge in [-0.1, -0.05) is 0 Å². The third-order valence-corrected chi connectivity index (χ3v) is 2.90. The Kier molecular flexibility index (Phi) is 2.92. The fraction of sp³-hybridized carbons (Fsp3) is 0.308. The molecule has 0 bridgehead atoms. The molecule has 96 valence electrons. The summed E-state index contributed by atoms with van der Waals surface area (Å²) >= 11 is 0. The largest absolute Gasteiger partial charge is 0.416 e. The minimum Gasteiger partial charge on any atom is -0.347 e. The number of hydrogen-bond acceptors (Lipinski definition) is 1. The van der Waals surface area contributed by atoms with E-state index in [1.54, 1.807) is 17.7 Å². The second kappa shape index (κ2) is 4.15. The number of aryl methyl sites for hydroxylation is 1. The van der Waals surface area contributed by atoms with E-state index >= 15 is 0 Å². The van der Waals surface area contributed by atoms with Gasteiger partial charge in [-0.3, -0.25) is 4.79 Å². The zero-order chi connectivity index (χ0) is 13.5. The number of ketones is 1. The highest BCUT2D eigenvalue weighted by Crippen LogP contribution is 2.32. The van der Waals surface area contributed by atoms with E-state index in [-0.39, 0.29) is 12.2 Å². The summed E-state index contributed by atoms with van der Waals surface area (Å²) < 4.78 is 39.5. The summed E-state index contributed by atoms with van der Waals surface area (Å²) in [6, 6.07) is 5.23. The first-order valence-corrected chi connectivity index (χ1v) is 5.44. The number of hydrogen-bond donors (Lipinski definition) is 0. The van der Waals surface area contributed by atoms with Gasteiger partial charge in [0.25, 0.3) is 0 Å². The SMILES string of the molecule is CC(=O)Cc1cc2cc(C(F)(F)F)ccc2n1C. The number of alkyl halides is 3. The van der Waals surface area contributed by atoms with Crippen LogP contribution in [0.2, 0.25) is 0 Å². The van der Waals surface area contributed by atoms with Crippen molar-refractivity contribution in [3.05, 3.63) is 35.5 Å². The Morgan fingerprint density at radius 3 is 2.50 bits per heavy atom. The van der Waals surface area contributed by atoms with Crippen molar-refractivity contribution in [2.75, 3.05) is 0 Å². The molecule has 18 heavy (non-hydrogen) atoms. The van der Waals surface area contributed by atoms with E-state index in [0.717, 1.165) is 17.8 Å². The minimum absolute atomic E-state index is 0.0167. The lowest BCUT2D eigenvalue weighted by Crippen LogP contribution is -2.04. The predicted molar refractivity (Wildman–Crippen MR) is 62.3 cm³/mol. The van der Waals surface area contributed by atoms with Crippen LogP contribution in [-0.2, 0) is 24.4 Å². The number of carbonyl (C=O) groups excluding carboxylic acids is 1. The Hall–Kier alpha value is -1.78. The van der Waals surface area contributed by atoms with Gasteiger partial charge in [0.15, 0.2) is 0 Å². The van der Waals surface area contributed by atoms with Gasteiger partial charge < -0.3 is 4.57 Å². The van der Waals surface area contributed by atoms with Crippen LogP contribution >= 0.6 is 0 Å². The zero-order valence-electron chi connectivity index (χ0n) is 10.0. The molecule has 2 rings (SSSR count). The van der Waals surface area contributed by atoms with Gasteiger partial charge in [-0.25, -0.2) is 0 Å². The van der Waals surface area contributed by atoms with Crippen molar-refractivity contribution >= 4 is 16.7 Å². The van der Waals surface area contributed by atoms with Crippen molar-refractivity contribution in [1.29, 1.82) is 0 Å². The van der Waals surface area contributed by atoms with Crippen LogP contribution in [0.5, 0.6) is 0 Å². The number of aromatic nitrogens is 1. The standard InChI is InChI=1S/C13H12F3NO/c1-8(18)5-11-7-9-6-10(13(14,15)16)3-4-12(9)17(11)2/h3-4,6-7H,5H2,1-2H3. The molecule has 1 aromatic heterocycles. The molecule has 0 amide bonds. The molecule has 0 N–H and O–H groups in total. The highest BCUT2D eigenvalue weighted by Gasteiger charge is 2.30. The molecule has 5 heteroatoms. The topological polar surface area (TPSA) is 22.0 Å². The van der Waals surface area contributed by atoms with E-state index in [9.17, 15) is 18.0 Å². The summed E-state index contributed by atoms with van der Waals surface area (Å²) in [6.45, 7) is 1.46. The quantitative estimate of drug-likeness (QED) is 0.806. The molecule has 1 aromatic carbocycles. The Bertz CT molecular complexity index is 610. The van der Waals surface area contributed by atoms with Gasteiger partial charge in [-0.05, 0) is 31.2 Å². The Labute approximate surface area is 102 Å². The number of nitrogens with zero attached hydrogens (tertiary/aromatic N) is 1. The van der Waals surface area contributed by atoms with Crippen molar-refractivity contribution in [3.63, 3.8) is 0 Å². The van der Waals surface area contributed by atoms with Crippen LogP contribution in [-0.4, -0.2) is 10.4 Å². The first kappa shape index (κ1) is 12.7. The van der Waals surface area contributed by atoms with E-state index < -0.39 is 11.7 Å². The average Bonchev–Trinajstić information content (AvgIpc) is 2.53. The van der Waals surface area contributed by atoms with Gasteiger partial charge in [0.2, 0.25) is 0 Å². The highest BCUT2D eigenvalue weighted by molar-refractivity contribution is 5.85. The van der Waals surface area contributed by atoms with E-state index in [4.69, 9.17) is 0 Å². The van der Waals surface area contributed by atoms with Crippen molar-refractivity contribution in [2.24, 2.45) is 7.05 Å². The molecular weight excluding hydrogens is 243 g/mol. The molecule has 2 nitrogen and oxygen atoms in total. The number of halogens is 3. The summed E-state index contributed by atoms with van der Waals surface area (Å²) in [5.41, 5.74) is 0.742. The number of rotatable bonds is 2. The number of Topliss-reactive ketones (excluding diaryl/α,β-unsaturated/α-hetero) is 1. The molecule has 0 fully saturated rings. The second-order valence-electron chi connectivity index (χ2n) is 4.34. The lowest BCUT2D eigenvalue weighted by molar-refractivity contribution is -0.137. The molecule has 0 aliphatic heterocycles.